The Labute approximate surface area is 70.8 Å². The SMILES string of the molecule is BC1=CCC(C)(C(C)C)C=C1. The quantitative estimate of drug-likeness (QED) is 0.499. The molecule has 0 bridgehead atoms. The molecule has 1 heteroatoms. The Balaban J connectivity index is 2.74. The smallest absolute Gasteiger partial charge is 0.0931 e. The van der Waals surface area contributed by atoms with E-state index in [4.69, 9.17) is 0 Å². The normalized spacial score (nSPS) is 30.7. The summed E-state index contributed by atoms with van der Waals surface area (Å²) >= 11 is 0. The molecule has 60 valence electrons. The van der Waals surface area contributed by atoms with Crippen molar-refractivity contribution >= 4 is 7.85 Å². The highest BCUT2D eigenvalue weighted by Crippen LogP contribution is 2.35. The molecule has 0 nitrogen and oxygen atoms in total. The molecule has 1 atom stereocenters. The zero-order chi connectivity index (χ0) is 8.48. The largest absolute Gasteiger partial charge is 0.138 e. The Bertz CT molecular complexity index is 201. The van der Waals surface area contributed by atoms with E-state index >= 15 is 0 Å². The highest BCUT2D eigenvalue weighted by atomic mass is 14.3. The van der Waals surface area contributed by atoms with E-state index in [0.29, 0.717) is 5.41 Å². The molecule has 0 amide bonds. The third-order valence-corrected chi connectivity index (χ3v) is 2.91. The van der Waals surface area contributed by atoms with Gasteiger partial charge in [-0.05, 0) is 17.8 Å². The number of rotatable bonds is 1. The summed E-state index contributed by atoms with van der Waals surface area (Å²) < 4.78 is 0. The van der Waals surface area contributed by atoms with Gasteiger partial charge in [-0.2, -0.15) is 0 Å². The summed E-state index contributed by atoms with van der Waals surface area (Å²) in [5.74, 6) is 0.739. The van der Waals surface area contributed by atoms with Crippen molar-refractivity contribution in [2.75, 3.05) is 0 Å². The number of hydrogen-bond donors (Lipinski definition) is 0. The molecule has 0 aromatic carbocycles. The van der Waals surface area contributed by atoms with Gasteiger partial charge in [0, 0.05) is 0 Å². The summed E-state index contributed by atoms with van der Waals surface area (Å²) in [6.07, 6.45) is 8.13. The lowest BCUT2D eigenvalue weighted by molar-refractivity contribution is 0.299. The van der Waals surface area contributed by atoms with E-state index in [0.717, 1.165) is 5.92 Å². The van der Waals surface area contributed by atoms with Crippen molar-refractivity contribution in [1.82, 2.24) is 0 Å². The first kappa shape index (κ1) is 8.64. The lowest BCUT2D eigenvalue weighted by Crippen LogP contribution is -2.21. The highest BCUT2D eigenvalue weighted by molar-refractivity contribution is 6.23. The van der Waals surface area contributed by atoms with Gasteiger partial charge < -0.3 is 0 Å². The molecule has 1 unspecified atom stereocenters. The fraction of sp³-hybridized carbons (Fsp3) is 0.600. The average molecular weight is 148 g/mol. The van der Waals surface area contributed by atoms with Gasteiger partial charge in [-0.25, -0.2) is 0 Å². The summed E-state index contributed by atoms with van der Waals surface area (Å²) in [4.78, 5) is 0. The Morgan fingerprint density at radius 2 is 2.18 bits per heavy atom. The van der Waals surface area contributed by atoms with E-state index in [9.17, 15) is 0 Å². The molecule has 0 aliphatic heterocycles. The molecule has 0 aromatic rings. The van der Waals surface area contributed by atoms with Crippen LogP contribution in [0.4, 0.5) is 0 Å². The van der Waals surface area contributed by atoms with Gasteiger partial charge in [0.25, 0.3) is 0 Å². The van der Waals surface area contributed by atoms with Crippen molar-refractivity contribution in [2.24, 2.45) is 11.3 Å². The van der Waals surface area contributed by atoms with Crippen molar-refractivity contribution in [3.8, 4) is 0 Å². The first-order chi connectivity index (χ1) is 5.04. The maximum atomic E-state index is 2.35. The lowest BCUT2D eigenvalue weighted by atomic mass is 9.71. The highest BCUT2D eigenvalue weighted by Gasteiger charge is 2.25. The summed E-state index contributed by atoms with van der Waals surface area (Å²) in [6.45, 7) is 6.91. The fourth-order valence-electron chi connectivity index (χ4n) is 1.27. The summed E-state index contributed by atoms with van der Waals surface area (Å²) in [5, 5.41) is 0. The second-order valence-corrected chi connectivity index (χ2v) is 4.15. The molecule has 0 saturated carbocycles. The Hall–Kier alpha value is -0.455. The summed E-state index contributed by atoms with van der Waals surface area (Å²) in [6, 6.07) is 0. The monoisotopic (exact) mass is 148 g/mol. The molecule has 0 radical (unpaired) electrons. The van der Waals surface area contributed by atoms with Gasteiger partial charge in [-0.1, -0.05) is 44.5 Å². The minimum absolute atomic E-state index is 0.402. The first-order valence-electron chi connectivity index (χ1n) is 4.40. The van der Waals surface area contributed by atoms with Crippen LogP contribution in [0.5, 0.6) is 0 Å². The minimum atomic E-state index is 0.402. The molecule has 0 saturated heterocycles. The zero-order valence-electron chi connectivity index (χ0n) is 8.02. The molecule has 1 rings (SSSR count). The second kappa shape index (κ2) is 2.88. The van der Waals surface area contributed by atoms with Crippen molar-refractivity contribution in [3.05, 3.63) is 23.7 Å². The van der Waals surface area contributed by atoms with Crippen LogP contribution in [0.3, 0.4) is 0 Å². The maximum absolute atomic E-state index is 2.35. The lowest BCUT2D eigenvalue weighted by Gasteiger charge is -2.31. The number of allylic oxidation sites excluding steroid dienone is 4. The van der Waals surface area contributed by atoms with Gasteiger partial charge >= 0.3 is 0 Å². The van der Waals surface area contributed by atoms with Crippen LogP contribution in [0, 0.1) is 11.3 Å². The van der Waals surface area contributed by atoms with Crippen LogP contribution in [0.25, 0.3) is 0 Å². The van der Waals surface area contributed by atoms with Gasteiger partial charge in [0.1, 0.15) is 7.85 Å². The molecular formula is C10H17B. The van der Waals surface area contributed by atoms with E-state index in [2.05, 4.69) is 46.8 Å². The molecule has 11 heavy (non-hydrogen) atoms. The van der Waals surface area contributed by atoms with E-state index in [1.807, 2.05) is 0 Å². The van der Waals surface area contributed by atoms with Crippen LogP contribution in [0.1, 0.15) is 27.2 Å². The van der Waals surface area contributed by atoms with E-state index in [-0.39, 0.29) is 0 Å². The molecular weight excluding hydrogens is 131 g/mol. The second-order valence-electron chi connectivity index (χ2n) is 4.15. The molecule has 1 aliphatic carbocycles. The molecule has 0 heterocycles. The van der Waals surface area contributed by atoms with E-state index in [1.54, 1.807) is 0 Å². The van der Waals surface area contributed by atoms with Crippen molar-refractivity contribution in [2.45, 2.75) is 27.2 Å². The van der Waals surface area contributed by atoms with E-state index < -0.39 is 0 Å². The van der Waals surface area contributed by atoms with Gasteiger partial charge in [0.05, 0.1) is 0 Å². The van der Waals surface area contributed by atoms with Gasteiger partial charge in [-0.15, -0.1) is 0 Å². The Morgan fingerprint density at radius 3 is 2.55 bits per heavy atom. The van der Waals surface area contributed by atoms with Gasteiger partial charge in [0.15, 0.2) is 0 Å². The number of hydrogen-bond acceptors (Lipinski definition) is 0. The Morgan fingerprint density at radius 1 is 1.55 bits per heavy atom. The van der Waals surface area contributed by atoms with Crippen molar-refractivity contribution in [1.29, 1.82) is 0 Å². The van der Waals surface area contributed by atoms with Crippen molar-refractivity contribution < 1.29 is 0 Å². The molecule has 1 aliphatic rings. The summed E-state index contributed by atoms with van der Waals surface area (Å²) in [5.41, 5.74) is 1.81. The van der Waals surface area contributed by atoms with Crippen LogP contribution >= 0.6 is 0 Å². The van der Waals surface area contributed by atoms with Crippen LogP contribution in [-0.2, 0) is 0 Å². The molecule has 0 spiro atoms. The summed E-state index contributed by atoms with van der Waals surface area (Å²) in [7, 11) is 2.16. The average Bonchev–Trinajstić information content (AvgIpc) is 1.95. The van der Waals surface area contributed by atoms with Gasteiger partial charge in [0.2, 0.25) is 0 Å². The maximum Gasteiger partial charge on any atom is 0.138 e. The Kier molecular flexibility index (Phi) is 2.27. The fourth-order valence-corrected chi connectivity index (χ4v) is 1.27. The predicted molar refractivity (Wildman–Crippen MR) is 53.3 cm³/mol. The van der Waals surface area contributed by atoms with Crippen LogP contribution in [-0.4, -0.2) is 7.85 Å². The molecule has 0 aromatic heterocycles. The standard InChI is InChI=1S/C10H17B/c1-8(2)10(3)6-4-9(11)5-7-10/h4-6,8H,7,11H2,1-3H3. The zero-order valence-corrected chi connectivity index (χ0v) is 8.02. The molecule has 0 fully saturated rings. The van der Waals surface area contributed by atoms with Crippen LogP contribution in [0.2, 0.25) is 0 Å². The van der Waals surface area contributed by atoms with Gasteiger partial charge in [-0.3, -0.25) is 0 Å². The minimum Gasteiger partial charge on any atom is -0.0931 e. The third kappa shape index (κ3) is 1.77. The molecule has 0 N–H and O–H groups in total. The van der Waals surface area contributed by atoms with E-state index in [1.165, 1.54) is 11.9 Å². The van der Waals surface area contributed by atoms with Crippen molar-refractivity contribution in [3.63, 3.8) is 0 Å². The predicted octanol–water partition coefficient (Wildman–Crippen LogP) is 2.13. The first-order valence-corrected chi connectivity index (χ1v) is 4.40. The van der Waals surface area contributed by atoms with Crippen LogP contribution < -0.4 is 0 Å². The topological polar surface area (TPSA) is 0 Å². The van der Waals surface area contributed by atoms with Crippen LogP contribution in [0.15, 0.2) is 23.7 Å². The third-order valence-electron chi connectivity index (χ3n) is 2.91.